The topological polar surface area (TPSA) is 46.9 Å². The van der Waals surface area contributed by atoms with Gasteiger partial charge in [0.25, 0.3) is 6.43 Å². The predicted molar refractivity (Wildman–Crippen MR) is 57.8 cm³/mol. The molecule has 1 atom stereocenters. The number of aromatic nitrogens is 2. The third-order valence-electron chi connectivity index (χ3n) is 2.83. The largest absolute Gasteiger partial charge is 0.352 e. The van der Waals surface area contributed by atoms with E-state index < -0.39 is 12.5 Å². The summed E-state index contributed by atoms with van der Waals surface area (Å²) < 4.78 is 26.3. The van der Waals surface area contributed by atoms with E-state index in [-0.39, 0.29) is 17.6 Å². The summed E-state index contributed by atoms with van der Waals surface area (Å²) in [7, 11) is 0. The molecule has 2 rings (SSSR count). The molecule has 1 aromatic rings. The van der Waals surface area contributed by atoms with E-state index in [0.717, 1.165) is 12.8 Å². The number of hydrogen-bond donors (Lipinski definition) is 1. The smallest absolute Gasteiger partial charge is 0.282 e. The van der Waals surface area contributed by atoms with Gasteiger partial charge in [-0.1, -0.05) is 0 Å². The highest BCUT2D eigenvalue weighted by molar-refractivity contribution is 5.80. The lowest BCUT2D eigenvalue weighted by Crippen LogP contribution is -2.33. The molecule has 17 heavy (non-hydrogen) atoms. The Morgan fingerprint density at radius 1 is 1.59 bits per heavy atom. The molecule has 0 spiro atoms. The molecule has 0 saturated heterocycles. The van der Waals surface area contributed by atoms with Gasteiger partial charge in [-0.2, -0.15) is 5.10 Å². The van der Waals surface area contributed by atoms with Crippen LogP contribution in [0.2, 0.25) is 0 Å². The lowest BCUT2D eigenvalue weighted by atomic mass is 10.3. The number of nitrogens with zero attached hydrogens (tertiary/aromatic N) is 2. The number of aryl methyl sites for hydroxylation is 1. The summed E-state index contributed by atoms with van der Waals surface area (Å²) >= 11 is 0. The second-order valence-corrected chi connectivity index (χ2v) is 4.41. The number of amides is 1. The van der Waals surface area contributed by atoms with Gasteiger partial charge in [-0.3, -0.25) is 9.48 Å². The Morgan fingerprint density at radius 3 is 2.71 bits per heavy atom. The zero-order valence-corrected chi connectivity index (χ0v) is 9.78. The van der Waals surface area contributed by atoms with Crippen LogP contribution in [0.15, 0.2) is 6.07 Å². The summed E-state index contributed by atoms with van der Waals surface area (Å²) in [6.07, 6.45) is -0.605. The Balaban J connectivity index is 2.11. The lowest BCUT2D eigenvalue weighted by Gasteiger charge is -2.13. The Bertz CT molecular complexity index is 426. The van der Waals surface area contributed by atoms with Crippen LogP contribution in [0, 0.1) is 6.92 Å². The molecule has 1 amide bonds. The van der Waals surface area contributed by atoms with Crippen molar-refractivity contribution in [1.29, 1.82) is 0 Å². The van der Waals surface area contributed by atoms with Crippen molar-refractivity contribution in [1.82, 2.24) is 15.1 Å². The van der Waals surface area contributed by atoms with Crippen LogP contribution in [-0.4, -0.2) is 21.7 Å². The molecule has 1 aliphatic rings. The average molecular weight is 243 g/mol. The van der Waals surface area contributed by atoms with Gasteiger partial charge in [0.05, 0.1) is 0 Å². The van der Waals surface area contributed by atoms with Crippen LogP contribution >= 0.6 is 0 Å². The first-order valence-electron chi connectivity index (χ1n) is 5.63. The van der Waals surface area contributed by atoms with Gasteiger partial charge < -0.3 is 5.32 Å². The molecule has 1 N–H and O–H groups in total. The minimum absolute atomic E-state index is 0.167. The maximum atomic E-state index is 12.5. The van der Waals surface area contributed by atoms with Crippen molar-refractivity contribution in [3.8, 4) is 0 Å². The van der Waals surface area contributed by atoms with Gasteiger partial charge in [0, 0.05) is 11.7 Å². The van der Waals surface area contributed by atoms with Crippen LogP contribution in [0.5, 0.6) is 0 Å². The van der Waals surface area contributed by atoms with Crippen LogP contribution in [0.3, 0.4) is 0 Å². The lowest BCUT2D eigenvalue weighted by molar-refractivity contribution is -0.124. The van der Waals surface area contributed by atoms with Crippen molar-refractivity contribution in [2.45, 2.75) is 45.2 Å². The summed E-state index contributed by atoms with van der Waals surface area (Å²) in [5, 5.41) is 6.59. The fourth-order valence-corrected chi connectivity index (χ4v) is 1.67. The van der Waals surface area contributed by atoms with E-state index in [1.54, 1.807) is 13.8 Å². The standard InChI is InChI=1S/C11H15F2N3O/c1-6-5-9(10(12)13)15-16(6)7(2)11(17)14-8-3-4-8/h5,7-8,10H,3-4H2,1-2H3,(H,14,17). The molecule has 0 aliphatic heterocycles. The van der Waals surface area contributed by atoms with Crippen LogP contribution < -0.4 is 5.32 Å². The second kappa shape index (κ2) is 4.43. The first-order valence-corrected chi connectivity index (χ1v) is 5.63. The van der Waals surface area contributed by atoms with E-state index in [1.165, 1.54) is 10.7 Å². The molecule has 1 aromatic heterocycles. The van der Waals surface area contributed by atoms with Crippen LogP contribution in [0.1, 0.15) is 43.6 Å². The maximum absolute atomic E-state index is 12.5. The molecule has 1 fully saturated rings. The van der Waals surface area contributed by atoms with Crippen molar-refractivity contribution in [3.63, 3.8) is 0 Å². The molecule has 1 unspecified atom stereocenters. The van der Waals surface area contributed by atoms with Gasteiger partial charge in [-0.15, -0.1) is 0 Å². The molecule has 1 aliphatic carbocycles. The van der Waals surface area contributed by atoms with Crippen molar-refractivity contribution >= 4 is 5.91 Å². The summed E-state index contributed by atoms with van der Waals surface area (Å²) in [4.78, 5) is 11.8. The molecule has 94 valence electrons. The van der Waals surface area contributed by atoms with Crippen LogP contribution in [0.4, 0.5) is 8.78 Å². The molecule has 1 heterocycles. The second-order valence-electron chi connectivity index (χ2n) is 4.41. The zero-order chi connectivity index (χ0) is 12.6. The number of alkyl halides is 2. The molecule has 4 nitrogen and oxygen atoms in total. The van der Waals surface area contributed by atoms with Crippen molar-refractivity contribution in [2.75, 3.05) is 0 Å². The first kappa shape index (κ1) is 12.0. The Kier molecular flexibility index (Phi) is 3.13. The number of rotatable bonds is 4. The molecular weight excluding hydrogens is 228 g/mol. The van der Waals surface area contributed by atoms with Crippen LogP contribution in [-0.2, 0) is 4.79 Å². The van der Waals surface area contributed by atoms with Gasteiger partial charge in [0.15, 0.2) is 0 Å². The summed E-state index contributed by atoms with van der Waals surface area (Å²) in [5.41, 5.74) is 0.285. The predicted octanol–water partition coefficient (Wildman–Crippen LogP) is 1.97. The van der Waals surface area contributed by atoms with Gasteiger partial charge in [-0.25, -0.2) is 8.78 Å². The van der Waals surface area contributed by atoms with Crippen molar-refractivity contribution in [3.05, 3.63) is 17.5 Å². The highest BCUT2D eigenvalue weighted by atomic mass is 19.3. The van der Waals surface area contributed by atoms with Crippen molar-refractivity contribution in [2.24, 2.45) is 0 Å². The molecule has 0 radical (unpaired) electrons. The Hall–Kier alpha value is -1.46. The summed E-state index contributed by atoms with van der Waals surface area (Å²) in [6, 6.07) is 1.02. The quantitative estimate of drug-likeness (QED) is 0.878. The van der Waals surface area contributed by atoms with E-state index in [9.17, 15) is 13.6 Å². The van der Waals surface area contributed by atoms with Crippen molar-refractivity contribution < 1.29 is 13.6 Å². The average Bonchev–Trinajstić information content (AvgIpc) is 2.98. The van der Waals surface area contributed by atoms with Crippen LogP contribution in [0.25, 0.3) is 0 Å². The van der Waals surface area contributed by atoms with E-state index in [1.807, 2.05) is 0 Å². The summed E-state index contributed by atoms with van der Waals surface area (Å²) in [6.45, 7) is 3.33. The van der Waals surface area contributed by atoms with Gasteiger partial charge >= 0.3 is 0 Å². The Morgan fingerprint density at radius 2 is 2.24 bits per heavy atom. The molecule has 6 heteroatoms. The fourth-order valence-electron chi connectivity index (χ4n) is 1.67. The van der Waals surface area contributed by atoms with E-state index in [2.05, 4.69) is 10.4 Å². The number of carbonyl (C=O) groups is 1. The Labute approximate surface area is 98.0 Å². The molecule has 1 saturated carbocycles. The highest BCUT2D eigenvalue weighted by Gasteiger charge is 2.27. The SMILES string of the molecule is Cc1cc(C(F)F)nn1C(C)C(=O)NC1CC1. The summed E-state index contributed by atoms with van der Waals surface area (Å²) in [5.74, 6) is -0.167. The van der Waals surface area contributed by atoms with E-state index in [4.69, 9.17) is 0 Å². The fraction of sp³-hybridized carbons (Fsp3) is 0.636. The normalized spacial score (nSPS) is 17.2. The van der Waals surface area contributed by atoms with Gasteiger partial charge in [-0.05, 0) is 32.8 Å². The van der Waals surface area contributed by atoms with Gasteiger partial charge in [0.1, 0.15) is 11.7 Å². The zero-order valence-electron chi connectivity index (χ0n) is 9.78. The van der Waals surface area contributed by atoms with E-state index in [0.29, 0.717) is 5.69 Å². The maximum Gasteiger partial charge on any atom is 0.282 e. The van der Waals surface area contributed by atoms with E-state index >= 15 is 0 Å². The third kappa shape index (κ3) is 2.62. The molecular formula is C11H15F2N3O. The monoisotopic (exact) mass is 243 g/mol. The molecule has 0 bridgehead atoms. The minimum atomic E-state index is -2.60. The first-order chi connectivity index (χ1) is 7.99. The number of nitrogens with one attached hydrogen (secondary N) is 1. The highest BCUT2D eigenvalue weighted by Crippen LogP contribution is 2.22. The minimum Gasteiger partial charge on any atom is -0.352 e. The number of halogens is 2. The number of hydrogen-bond acceptors (Lipinski definition) is 2. The number of carbonyl (C=O) groups excluding carboxylic acids is 1. The van der Waals surface area contributed by atoms with Gasteiger partial charge in [0.2, 0.25) is 5.91 Å². The molecule has 0 aromatic carbocycles. The third-order valence-corrected chi connectivity index (χ3v) is 2.83.